The predicted molar refractivity (Wildman–Crippen MR) is 136 cm³/mol. The first-order valence-corrected chi connectivity index (χ1v) is 12.2. The molecular formula is C28H16BF12KO4. The zero-order valence-electron chi connectivity index (χ0n) is 24.1. The van der Waals surface area contributed by atoms with Crippen LogP contribution in [0.4, 0.5) is 52.7 Å². The van der Waals surface area contributed by atoms with Crippen molar-refractivity contribution in [1.29, 1.82) is 0 Å². The maximum absolute atomic E-state index is 16.0. The summed E-state index contributed by atoms with van der Waals surface area (Å²) in [6.45, 7) is 0. The van der Waals surface area contributed by atoms with Crippen LogP contribution in [-0.4, -0.2) is 34.6 Å². The van der Waals surface area contributed by atoms with Crippen molar-refractivity contribution in [3.63, 3.8) is 0 Å². The number of halogens is 12. The van der Waals surface area contributed by atoms with Crippen molar-refractivity contribution in [1.82, 2.24) is 0 Å². The van der Waals surface area contributed by atoms with E-state index in [1.165, 1.54) is 0 Å². The number of benzene rings is 4. The minimum Gasteiger partial charge on any atom is -0.491 e. The average Bonchev–Trinajstić information content (AvgIpc) is 2.99. The quantitative estimate of drug-likeness (QED) is 0.160. The van der Waals surface area contributed by atoms with E-state index in [0.29, 0.717) is 28.4 Å². The third-order valence-electron chi connectivity index (χ3n) is 7.26. The van der Waals surface area contributed by atoms with Crippen LogP contribution in [0.1, 0.15) is 0 Å². The van der Waals surface area contributed by atoms with Gasteiger partial charge in [-0.05, 0) is 0 Å². The van der Waals surface area contributed by atoms with E-state index in [4.69, 9.17) is 0 Å². The molecule has 0 aliphatic carbocycles. The summed E-state index contributed by atoms with van der Waals surface area (Å²) >= 11 is 0. The van der Waals surface area contributed by atoms with Gasteiger partial charge in [0.05, 0.1) is 28.4 Å². The van der Waals surface area contributed by atoms with Crippen molar-refractivity contribution in [3.05, 3.63) is 94.1 Å². The Morgan fingerprint density at radius 1 is 0.348 bits per heavy atom. The van der Waals surface area contributed by atoms with Gasteiger partial charge in [-0.1, -0.05) is 24.3 Å². The summed E-state index contributed by atoms with van der Waals surface area (Å²) in [4.78, 5) is 0. The van der Waals surface area contributed by atoms with Crippen molar-refractivity contribution < 1.29 is 123 Å². The fourth-order valence-electron chi connectivity index (χ4n) is 5.40. The Hall–Kier alpha value is -3.06. The van der Waals surface area contributed by atoms with Gasteiger partial charge in [-0.2, -0.15) is 39.4 Å². The molecule has 0 atom stereocenters. The minimum atomic E-state index is -5.20. The van der Waals surface area contributed by atoms with Crippen LogP contribution < -0.4 is 92.2 Å². The van der Waals surface area contributed by atoms with E-state index in [-0.39, 0.29) is 75.7 Å². The minimum absolute atomic E-state index is 0. The molecule has 0 unspecified atom stereocenters. The SMILES string of the molecule is COc1c(F)cc([B-](c2cc(F)c(OC)c(F)c2F)(c2cc(F)c(OC)c(F)c2F)c2cc(F)c(OC)c(F)c2F)c(F)c1F.[K+]. The maximum atomic E-state index is 16.0. The van der Waals surface area contributed by atoms with E-state index in [2.05, 4.69) is 18.9 Å². The van der Waals surface area contributed by atoms with Gasteiger partial charge in [0, 0.05) is 0 Å². The third kappa shape index (κ3) is 5.50. The van der Waals surface area contributed by atoms with E-state index in [1.54, 1.807) is 0 Å². The molecule has 4 nitrogen and oxygen atoms in total. The normalized spacial score (nSPS) is 11.3. The Kier molecular flexibility index (Phi) is 11.4. The number of hydrogen-bond acceptors (Lipinski definition) is 4. The third-order valence-corrected chi connectivity index (χ3v) is 7.26. The smallest absolute Gasteiger partial charge is 0.491 e. The summed E-state index contributed by atoms with van der Waals surface area (Å²) in [5.74, 6) is -32.5. The summed E-state index contributed by atoms with van der Waals surface area (Å²) in [7, 11) is 2.59. The molecule has 18 heteroatoms. The monoisotopic (exact) mass is 694 g/mol. The molecular weight excluding hydrogens is 678 g/mol. The molecule has 0 bridgehead atoms. The summed E-state index contributed by atoms with van der Waals surface area (Å²) in [6, 6.07) is -0.517. The molecule has 0 heterocycles. The van der Waals surface area contributed by atoms with E-state index >= 15 is 52.7 Å². The summed E-state index contributed by atoms with van der Waals surface area (Å²) in [5.41, 5.74) is -7.34. The van der Waals surface area contributed by atoms with Crippen molar-refractivity contribution in [2.24, 2.45) is 0 Å². The van der Waals surface area contributed by atoms with Crippen LogP contribution >= 0.6 is 0 Å². The van der Waals surface area contributed by atoms with Gasteiger partial charge in [0.2, 0.25) is 0 Å². The average molecular weight is 694 g/mol. The first-order valence-electron chi connectivity index (χ1n) is 12.2. The van der Waals surface area contributed by atoms with Crippen LogP contribution in [-0.2, 0) is 0 Å². The topological polar surface area (TPSA) is 36.9 Å². The van der Waals surface area contributed by atoms with Gasteiger partial charge in [0.15, 0.2) is 69.5 Å². The van der Waals surface area contributed by atoms with E-state index < -0.39 is 121 Å². The zero-order chi connectivity index (χ0) is 33.7. The van der Waals surface area contributed by atoms with Crippen LogP contribution in [0, 0.1) is 69.8 Å². The van der Waals surface area contributed by atoms with Crippen molar-refractivity contribution in [2.45, 2.75) is 0 Å². The van der Waals surface area contributed by atoms with Crippen LogP contribution in [0.5, 0.6) is 23.0 Å². The van der Waals surface area contributed by atoms with E-state index in [9.17, 15) is 0 Å². The number of methoxy groups -OCH3 is 4. The van der Waals surface area contributed by atoms with Gasteiger partial charge in [0.25, 0.3) is 0 Å². The van der Waals surface area contributed by atoms with Crippen LogP contribution in [0.25, 0.3) is 0 Å². The van der Waals surface area contributed by atoms with E-state index in [0.717, 1.165) is 0 Å². The van der Waals surface area contributed by atoms with Crippen LogP contribution in [0.3, 0.4) is 0 Å². The molecule has 0 aromatic heterocycles. The van der Waals surface area contributed by atoms with Crippen molar-refractivity contribution in [3.8, 4) is 23.0 Å². The molecule has 0 radical (unpaired) electrons. The standard InChI is InChI=1S/C28H16BF12O4.K/c1-42-25-13(30)5-9(17(34)21(25)38)29(10-6-14(31)26(43-2)22(39)18(10)35,11-7-15(32)27(44-3)23(40)19(11)36)12-8-16(33)28(45-4)24(41)20(12)37;/h5-8H,1-4H3;/q-1;+1. The Morgan fingerprint density at radius 3 is 0.674 bits per heavy atom. The van der Waals surface area contributed by atoms with Crippen molar-refractivity contribution >= 4 is 28.0 Å². The first kappa shape index (κ1) is 37.4. The fraction of sp³-hybridized carbons (Fsp3) is 0.143. The molecule has 0 aliphatic rings. The van der Waals surface area contributed by atoms with Gasteiger partial charge in [-0.3, -0.25) is 0 Å². The molecule has 46 heavy (non-hydrogen) atoms. The predicted octanol–water partition coefficient (Wildman–Crippen LogP) is 1.77. The first-order chi connectivity index (χ1) is 21.1. The molecule has 0 aliphatic heterocycles. The molecule has 0 saturated carbocycles. The molecule has 0 spiro atoms. The second-order valence-corrected chi connectivity index (χ2v) is 9.30. The summed E-state index contributed by atoms with van der Waals surface area (Å²) < 4.78 is 203. The Morgan fingerprint density at radius 2 is 0.522 bits per heavy atom. The van der Waals surface area contributed by atoms with Gasteiger partial charge in [-0.25, -0.2) is 35.1 Å². The molecule has 0 saturated heterocycles. The molecule has 0 amide bonds. The van der Waals surface area contributed by atoms with Gasteiger partial charge in [0.1, 0.15) is 29.4 Å². The van der Waals surface area contributed by atoms with Crippen LogP contribution in [0.15, 0.2) is 24.3 Å². The van der Waals surface area contributed by atoms with Gasteiger partial charge < -0.3 is 18.9 Å². The number of ether oxygens (including phenoxy) is 4. The molecule has 240 valence electrons. The number of rotatable bonds is 8. The number of hydrogen-bond donors (Lipinski definition) is 0. The zero-order valence-corrected chi connectivity index (χ0v) is 27.2. The summed E-state index contributed by atoms with van der Waals surface area (Å²) in [6.07, 6.45) is -5.20. The van der Waals surface area contributed by atoms with Crippen molar-refractivity contribution in [2.75, 3.05) is 28.4 Å². The second kappa shape index (κ2) is 14.0. The molecule has 0 N–H and O–H groups in total. The molecule has 0 fully saturated rings. The largest absolute Gasteiger partial charge is 1.00 e. The Bertz CT molecular complexity index is 1590. The summed E-state index contributed by atoms with van der Waals surface area (Å²) in [5, 5.41) is 0. The fourth-order valence-corrected chi connectivity index (χ4v) is 5.40. The molecule has 4 aromatic carbocycles. The van der Waals surface area contributed by atoms with Gasteiger partial charge in [-0.15, -0.1) is 0 Å². The molecule has 4 aromatic rings. The van der Waals surface area contributed by atoms with Gasteiger partial charge >= 0.3 is 51.4 Å². The molecule has 4 rings (SSSR count). The van der Waals surface area contributed by atoms with E-state index in [1.807, 2.05) is 0 Å². The maximum Gasteiger partial charge on any atom is 1.00 e. The van der Waals surface area contributed by atoms with Crippen LogP contribution in [0.2, 0.25) is 0 Å². The second-order valence-electron chi connectivity index (χ2n) is 9.30. The Labute approximate surface area is 294 Å². The Balaban J connectivity index is 0.00000576.